The van der Waals surface area contributed by atoms with Crippen LogP contribution in [0.5, 0.6) is 17.2 Å². The molecule has 0 bridgehead atoms. The summed E-state index contributed by atoms with van der Waals surface area (Å²) in [5, 5.41) is 9.72. The molecule has 1 aliphatic rings. The van der Waals surface area contributed by atoms with Crippen molar-refractivity contribution in [2.45, 2.75) is 31.2 Å². The number of hydrogen-bond acceptors (Lipinski definition) is 6. The van der Waals surface area contributed by atoms with Crippen LogP contribution in [-0.2, 0) is 6.54 Å². The molecule has 0 unspecified atom stereocenters. The van der Waals surface area contributed by atoms with E-state index in [0.717, 1.165) is 16.4 Å². The Balaban J connectivity index is 1.61. The lowest BCUT2D eigenvalue weighted by Crippen LogP contribution is -2.36. The maximum Gasteiger partial charge on any atom is 0.410 e. The number of halogens is 3. The number of carbonyl (C=O) groups is 1. The van der Waals surface area contributed by atoms with Gasteiger partial charge in [-0.25, -0.2) is 4.68 Å². The maximum absolute atomic E-state index is 14.0. The molecule has 2 atom stereocenters. The number of amides is 1. The smallest absolute Gasteiger partial charge is 0.410 e. The molecule has 1 amide bonds. The van der Waals surface area contributed by atoms with Crippen LogP contribution in [0.25, 0.3) is 0 Å². The van der Waals surface area contributed by atoms with Gasteiger partial charge in [-0.15, -0.1) is 0 Å². The van der Waals surface area contributed by atoms with Gasteiger partial charge < -0.3 is 24.8 Å². The second kappa shape index (κ2) is 9.77. The van der Waals surface area contributed by atoms with E-state index in [1.54, 1.807) is 49.6 Å². The molecule has 2 N–H and O–H groups in total. The first-order valence-electron chi connectivity index (χ1n) is 10.8. The summed E-state index contributed by atoms with van der Waals surface area (Å²) in [4.78, 5) is 12.9. The second-order valence-corrected chi connectivity index (χ2v) is 7.99. The Bertz CT molecular complexity index is 1190. The minimum Gasteiger partial charge on any atom is -0.497 e. The summed E-state index contributed by atoms with van der Waals surface area (Å²) >= 11 is 0. The van der Waals surface area contributed by atoms with Crippen molar-refractivity contribution in [3.8, 4) is 17.2 Å². The van der Waals surface area contributed by atoms with E-state index in [1.807, 2.05) is 0 Å². The molecule has 0 radical (unpaired) electrons. The van der Waals surface area contributed by atoms with E-state index in [1.165, 1.54) is 14.2 Å². The molecular weight excluding hydrogens is 465 g/mol. The van der Waals surface area contributed by atoms with Gasteiger partial charge in [0.05, 0.1) is 33.6 Å². The summed E-state index contributed by atoms with van der Waals surface area (Å²) in [5.74, 6) is 0.999. The third-order valence-electron chi connectivity index (χ3n) is 5.91. The SMILES string of the molecule is COc1ccc(CNC(=O)c2cnn3c2N[C@H](c2ccc(OC)c(OC)c2)C[C@H]3C(F)(F)F)cc1. The lowest BCUT2D eigenvalue weighted by molar-refractivity contribution is -0.173. The summed E-state index contributed by atoms with van der Waals surface area (Å²) in [6.45, 7) is 0.190. The van der Waals surface area contributed by atoms with E-state index in [2.05, 4.69) is 15.7 Å². The van der Waals surface area contributed by atoms with Crippen LogP contribution in [0.15, 0.2) is 48.7 Å². The molecule has 0 fully saturated rings. The van der Waals surface area contributed by atoms with Crippen molar-refractivity contribution in [1.29, 1.82) is 0 Å². The highest BCUT2D eigenvalue weighted by Crippen LogP contribution is 2.45. The largest absolute Gasteiger partial charge is 0.497 e. The summed E-state index contributed by atoms with van der Waals surface area (Å²) in [7, 11) is 4.48. The highest BCUT2D eigenvalue weighted by atomic mass is 19.4. The Morgan fingerprint density at radius 1 is 1.09 bits per heavy atom. The average molecular weight is 490 g/mol. The Morgan fingerprint density at radius 2 is 1.80 bits per heavy atom. The van der Waals surface area contributed by atoms with Crippen molar-refractivity contribution in [3.63, 3.8) is 0 Å². The monoisotopic (exact) mass is 490 g/mol. The van der Waals surface area contributed by atoms with E-state index in [9.17, 15) is 18.0 Å². The zero-order valence-corrected chi connectivity index (χ0v) is 19.3. The summed E-state index contributed by atoms with van der Waals surface area (Å²) < 4.78 is 58.4. The average Bonchev–Trinajstić information content (AvgIpc) is 3.30. The number of carbonyl (C=O) groups excluding carboxylic acids is 1. The van der Waals surface area contributed by atoms with Crippen molar-refractivity contribution in [3.05, 3.63) is 65.4 Å². The lowest BCUT2D eigenvalue weighted by Gasteiger charge is -2.34. The van der Waals surface area contributed by atoms with Gasteiger partial charge in [-0.3, -0.25) is 4.79 Å². The Morgan fingerprint density at radius 3 is 2.43 bits per heavy atom. The normalized spacial score (nSPS) is 17.2. The van der Waals surface area contributed by atoms with Gasteiger partial charge in [-0.1, -0.05) is 18.2 Å². The maximum atomic E-state index is 14.0. The van der Waals surface area contributed by atoms with Gasteiger partial charge in [-0.05, 0) is 35.4 Å². The molecule has 4 rings (SSSR count). The number of methoxy groups -OCH3 is 3. The highest BCUT2D eigenvalue weighted by Gasteiger charge is 2.47. The fraction of sp³-hybridized carbons (Fsp3) is 0.333. The summed E-state index contributed by atoms with van der Waals surface area (Å²) in [5.41, 5.74) is 1.40. The summed E-state index contributed by atoms with van der Waals surface area (Å²) in [6, 6.07) is 9.38. The van der Waals surface area contributed by atoms with Crippen molar-refractivity contribution < 1.29 is 32.2 Å². The zero-order valence-electron chi connectivity index (χ0n) is 19.3. The quantitative estimate of drug-likeness (QED) is 0.507. The minimum atomic E-state index is -4.56. The molecule has 2 aromatic carbocycles. The van der Waals surface area contributed by atoms with E-state index >= 15 is 0 Å². The van der Waals surface area contributed by atoms with Gasteiger partial charge in [0.25, 0.3) is 5.91 Å². The van der Waals surface area contributed by atoms with Crippen LogP contribution in [0.2, 0.25) is 0 Å². The van der Waals surface area contributed by atoms with Crippen molar-refractivity contribution in [2.24, 2.45) is 0 Å². The van der Waals surface area contributed by atoms with Gasteiger partial charge in [0.15, 0.2) is 17.5 Å². The molecule has 186 valence electrons. The topological polar surface area (TPSA) is 86.6 Å². The van der Waals surface area contributed by atoms with Crippen molar-refractivity contribution in [2.75, 3.05) is 26.6 Å². The minimum absolute atomic E-state index is 0.00518. The standard InChI is InChI=1S/C24H25F3N4O4/c1-33-16-7-4-14(5-8-16)12-28-23(32)17-13-29-31-21(24(25,26)27)11-18(30-22(17)31)15-6-9-19(34-2)20(10-15)35-3/h4-10,13,18,21,30H,11-12H2,1-3H3,(H,28,32)/t18-,21-/m0/s1. The van der Waals surface area contributed by atoms with Crippen LogP contribution in [0.1, 0.15) is 40.0 Å². The van der Waals surface area contributed by atoms with E-state index in [-0.39, 0.29) is 24.3 Å². The molecule has 1 aromatic heterocycles. The van der Waals surface area contributed by atoms with E-state index in [0.29, 0.717) is 22.8 Å². The number of alkyl halides is 3. The second-order valence-electron chi connectivity index (χ2n) is 7.99. The number of aromatic nitrogens is 2. The Hall–Kier alpha value is -3.89. The first kappa shape index (κ1) is 24.2. The zero-order chi connectivity index (χ0) is 25.2. The fourth-order valence-corrected chi connectivity index (χ4v) is 4.04. The first-order chi connectivity index (χ1) is 16.7. The molecule has 1 aliphatic heterocycles. The van der Waals surface area contributed by atoms with Crippen LogP contribution in [-0.4, -0.2) is 43.2 Å². The van der Waals surface area contributed by atoms with E-state index < -0.39 is 24.2 Å². The number of benzene rings is 2. The molecule has 2 heterocycles. The third kappa shape index (κ3) is 4.98. The van der Waals surface area contributed by atoms with Crippen LogP contribution >= 0.6 is 0 Å². The predicted molar refractivity (Wildman–Crippen MR) is 122 cm³/mol. The van der Waals surface area contributed by atoms with Crippen molar-refractivity contribution >= 4 is 11.7 Å². The molecule has 3 aromatic rings. The van der Waals surface area contributed by atoms with Crippen LogP contribution < -0.4 is 24.8 Å². The predicted octanol–water partition coefficient (Wildman–Crippen LogP) is 4.50. The van der Waals surface area contributed by atoms with Crippen LogP contribution in [0.3, 0.4) is 0 Å². The molecule has 35 heavy (non-hydrogen) atoms. The number of fused-ring (bicyclic) bond motifs is 1. The van der Waals surface area contributed by atoms with Crippen LogP contribution in [0, 0.1) is 0 Å². The summed E-state index contributed by atoms with van der Waals surface area (Å²) in [6.07, 6.45) is -3.71. The number of rotatable bonds is 7. The highest BCUT2D eigenvalue weighted by molar-refractivity contribution is 5.98. The molecular formula is C24H25F3N4O4. The molecule has 11 heteroatoms. The number of nitrogens with zero attached hydrogens (tertiary/aromatic N) is 2. The van der Waals surface area contributed by atoms with Crippen molar-refractivity contribution in [1.82, 2.24) is 15.1 Å². The van der Waals surface area contributed by atoms with Gasteiger partial charge in [0, 0.05) is 13.0 Å². The van der Waals surface area contributed by atoms with Gasteiger partial charge in [0.2, 0.25) is 0 Å². The Labute approximate surface area is 200 Å². The Kier molecular flexibility index (Phi) is 6.77. The third-order valence-corrected chi connectivity index (χ3v) is 5.91. The first-order valence-corrected chi connectivity index (χ1v) is 10.8. The number of ether oxygens (including phenoxy) is 3. The molecule has 8 nitrogen and oxygen atoms in total. The van der Waals surface area contributed by atoms with Gasteiger partial charge >= 0.3 is 6.18 Å². The number of nitrogens with one attached hydrogen (secondary N) is 2. The molecule has 0 aliphatic carbocycles. The van der Waals surface area contributed by atoms with Gasteiger partial charge in [-0.2, -0.15) is 18.3 Å². The fourth-order valence-electron chi connectivity index (χ4n) is 4.04. The molecule has 0 saturated heterocycles. The number of anilines is 1. The van der Waals surface area contributed by atoms with Gasteiger partial charge in [0.1, 0.15) is 17.1 Å². The lowest BCUT2D eigenvalue weighted by atomic mass is 9.96. The number of hydrogen-bond donors (Lipinski definition) is 2. The van der Waals surface area contributed by atoms with E-state index in [4.69, 9.17) is 14.2 Å². The molecule has 0 saturated carbocycles. The van der Waals surface area contributed by atoms with Crippen LogP contribution in [0.4, 0.5) is 19.0 Å². The molecule has 0 spiro atoms.